The van der Waals surface area contributed by atoms with E-state index in [4.69, 9.17) is 4.74 Å². The normalized spacial score (nSPS) is 17.2. The van der Waals surface area contributed by atoms with E-state index < -0.39 is 34.6 Å². The molecule has 1 fully saturated rings. The maximum absolute atomic E-state index is 14.0. The van der Waals surface area contributed by atoms with Crippen LogP contribution in [0.25, 0.3) is 10.8 Å². The Labute approximate surface area is 209 Å². The Morgan fingerprint density at radius 1 is 1.05 bits per heavy atom. The van der Waals surface area contributed by atoms with Crippen molar-refractivity contribution in [3.05, 3.63) is 89.3 Å². The summed E-state index contributed by atoms with van der Waals surface area (Å²) in [4.78, 5) is 10.2. The predicted molar refractivity (Wildman–Crippen MR) is 126 cm³/mol. The first-order chi connectivity index (χ1) is 17.5. The van der Waals surface area contributed by atoms with Crippen molar-refractivity contribution in [2.24, 2.45) is 5.92 Å². The highest BCUT2D eigenvalue weighted by molar-refractivity contribution is 5.87. The van der Waals surface area contributed by atoms with Gasteiger partial charge in [-0.15, -0.1) is 6.58 Å². The molecule has 37 heavy (non-hydrogen) atoms. The van der Waals surface area contributed by atoms with Gasteiger partial charge in [-0.05, 0) is 42.8 Å². The lowest BCUT2D eigenvalue weighted by atomic mass is 9.94. The van der Waals surface area contributed by atoms with Crippen molar-refractivity contribution in [1.29, 1.82) is 0 Å². The zero-order valence-corrected chi connectivity index (χ0v) is 19.7. The van der Waals surface area contributed by atoms with Gasteiger partial charge in [-0.25, -0.2) is 13.2 Å². The summed E-state index contributed by atoms with van der Waals surface area (Å²) < 4.78 is 87.6. The Balaban J connectivity index is 0.000000220. The third kappa shape index (κ3) is 7.37. The number of hydrogen-bond donors (Lipinski definition) is 0. The molecule has 0 saturated carbocycles. The fourth-order valence-corrected chi connectivity index (χ4v) is 3.76. The second kappa shape index (κ2) is 12.0. The van der Waals surface area contributed by atoms with E-state index in [1.165, 1.54) is 23.5 Å². The van der Waals surface area contributed by atoms with E-state index in [0.29, 0.717) is 30.1 Å². The van der Waals surface area contributed by atoms with E-state index in [-0.39, 0.29) is 17.6 Å². The molecule has 0 amide bonds. The van der Waals surface area contributed by atoms with Gasteiger partial charge >= 0.3 is 6.18 Å². The molecule has 3 aromatic carbocycles. The summed E-state index contributed by atoms with van der Waals surface area (Å²) in [6.07, 6.45) is -0.344. The number of ether oxygens (including phenoxy) is 2. The van der Waals surface area contributed by atoms with Crippen LogP contribution >= 0.6 is 0 Å². The number of carbonyl (C=O) groups is 1. The summed E-state index contributed by atoms with van der Waals surface area (Å²) in [5.41, 5.74) is 1.41. The summed E-state index contributed by atoms with van der Waals surface area (Å²) >= 11 is 0. The smallest absolute Gasteiger partial charge is 0.429 e. The third-order valence-corrected chi connectivity index (χ3v) is 5.66. The molecule has 3 aromatic rings. The summed E-state index contributed by atoms with van der Waals surface area (Å²) in [7, 11) is 0. The van der Waals surface area contributed by atoms with Crippen LogP contribution < -0.4 is 4.74 Å². The van der Waals surface area contributed by atoms with Crippen molar-refractivity contribution in [3.8, 4) is 17.6 Å². The molecular weight excluding hydrogens is 498 g/mol. The number of hydrogen-bond acceptors (Lipinski definition) is 3. The highest BCUT2D eigenvalue weighted by atomic mass is 19.4. The number of alkyl halides is 3. The van der Waals surface area contributed by atoms with Crippen molar-refractivity contribution in [2.75, 3.05) is 6.61 Å². The standard InChI is InChI=1S/C14H4F6O2.C14H18O/c15-10-4-7-3-8(22-6-21)5-11(16)12(7)13(17)9(10)1-2-14(18,19)20;1-3-12-6-9-14(15-10-12)13-7-4-11(2)5-8-13/h3-6H;3-5,7-8,12,14H,1,6,9-10H2,2H3. The topological polar surface area (TPSA) is 35.5 Å². The van der Waals surface area contributed by atoms with Crippen molar-refractivity contribution in [1.82, 2.24) is 0 Å². The molecule has 0 aliphatic carbocycles. The SMILES string of the molecule is C=CC1CCC(c2ccc(C)cc2)OC1.O=COc1cc(F)c2c(F)c(C#CC(F)(F)F)c(F)cc2c1. The number of rotatable bonds is 4. The summed E-state index contributed by atoms with van der Waals surface area (Å²) in [6, 6.07) is 10.8. The number of halogens is 6. The average molecular weight is 520 g/mol. The van der Waals surface area contributed by atoms with E-state index in [1.807, 2.05) is 6.08 Å². The van der Waals surface area contributed by atoms with Gasteiger partial charge in [0, 0.05) is 17.9 Å². The fraction of sp³-hybridized carbons (Fsp3) is 0.250. The van der Waals surface area contributed by atoms with Gasteiger partial charge in [0.05, 0.1) is 23.7 Å². The molecular formula is C28H22F6O3. The lowest BCUT2D eigenvalue weighted by molar-refractivity contribution is -0.120. The predicted octanol–water partition coefficient (Wildman–Crippen LogP) is 7.35. The highest BCUT2D eigenvalue weighted by Crippen LogP contribution is 2.31. The second-order valence-corrected chi connectivity index (χ2v) is 8.32. The largest absolute Gasteiger partial charge is 0.458 e. The zero-order valence-electron chi connectivity index (χ0n) is 19.7. The maximum Gasteiger partial charge on any atom is 0.458 e. The molecule has 194 valence electrons. The van der Waals surface area contributed by atoms with Gasteiger partial charge in [-0.3, -0.25) is 4.79 Å². The Hall–Kier alpha value is -3.77. The monoisotopic (exact) mass is 520 g/mol. The molecule has 1 aliphatic rings. The average Bonchev–Trinajstić information content (AvgIpc) is 2.84. The van der Waals surface area contributed by atoms with Crippen LogP contribution in [0, 0.1) is 42.1 Å². The molecule has 0 radical (unpaired) electrons. The van der Waals surface area contributed by atoms with E-state index in [9.17, 15) is 31.1 Å². The number of aryl methyl sites for hydroxylation is 1. The van der Waals surface area contributed by atoms with Crippen molar-refractivity contribution in [3.63, 3.8) is 0 Å². The van der Waals surface area contributed by atoms with Crippen LogP contribution in [0.2, 0.25) is 0 Å². The molecule has 2 unspecified atom stereocenters. The van der Waals surface area contributed by atoms with Crippen LogP contribution in [-0.4, -0.2) is 19.3 Å². The Kier molecular flexibility index (Phi) is 9.00. The molecule has 4 rings (SSSR count). The van der Waals surface area contributed by atoms with Crippen molar-refractivity contribution >= 4 is 17.2 Å². The van der Waals surface area contributed by atoms with Crippen LogP contribution in [0.15, 0.2) is 55.1 Å². The minimum atomic E-state index is -4.95. The van der Waals surface area contributed by atoms with Gasteiger partial charge < -0.3 is 9.47 Å². The molecule has 9 heteroatoms. The van der Waals surface area contributed by atoms with Crippen LogP contribution in [0.1, 0.15) is 35.6 Å². The molecule has 1 saturated heterocycles. The first kappa shape index (κ1) is 27.8. The third-order valence-electron chi connectivity index (χ3n) is 5.66. The molecule has 0 spiro atoms. The number of carbonyl (C=O) groups excluding carboxylic acids is 1. The van der Waals surface area contributed by atoms with Crippen molar-refractivity contribution < 1.29 is 40.6 Å². The van der Waals surface area contributed by atoms with E-state index in [0.717, 1.165) is 19.1 Å². The van der Waals surface area contributed by atoms with Gasteiger partial charge in [0.15, 0.2) is 5.82 Å². The second-order valence-electron chi connectivity index (χ2n) is 8.32. The molecule has 1 aliphatic heterocycles. The number of benzene rings is 3. The van der Waals surface area contributed by atoms with Gasteiger partial charge in [-0.2, -0.15) is 13.2 Å². The first-order valence-corrected chi connectivity index (χ1v) is 11.1. The molecule has 0 aromatic heterocycles. The van der Waals surface area contributed by atoms with Crippen LogP contribution in [0.3, 0.4) is 0 Å². The quantitative estimate of drug-likeness (QED) is 0.156. The summed E-state index contributed by atoms with van der Waals surface area (Å²) in [5, 5.41) is -1.09. The fourth-order valence-electron chi connectivity index (χ4n) is 3.76. The Morgan fingerprint density at radius 2 is 1.76 bits per heavy atom. The zero-order chi connectivity index (χ0) is 27.2. The van der Waals surface area contributed by atoms with Crippen LogP contribution in [0.4, 0.5) is 26.3 Å². The van der Waals surface area contributed by atoms with Crippen LogP contribution in [0.5, 0.6) is 5.75 Å². The molecule has 1 heterocycles. The minimum Gasteiger partial charge on any atom is -0.429 e. The Morgan fingerprint density at radius 3 is 2.32 bits per heavy atom. The van der Waals surface area contributed by atoms with Gasteiger partial charge in [0.2, 0.25) is 0 Å². The molecule has 0 N–H and O–H groups in total. The van der Waals surface area contributed by atoms with E-state index in [2.05, 4.69) is 42.5 Å². The summed E-state index contributed by atoms with van der Waals surface area (Å²) in [5.74, 6) is -1.95. The van der Waals surface area contributed by atoms with Gasteiger partial charge in [0.1, 0.15) is 17.4 Å². The maximum atomic E-state index is 14.0. The van der Waals surface area contributed by atoms with Crippen LogP contribution in [-0.2, 0) is 9.53 Å². The minimum absolute atomic E-state index is 0.0174. The van der Waals surface area contributed by atoms with Gasteiger partial charge in [-0.1, -0.05) is 41.8 Å². The highest BCUT2D eigenvalue weighted by Gasteiger charge is 2.24. The first-order valence-electron chi connectivity index (χ1n) is 11.1. The number of fused-ring (bicyclic) bond motifs is 1. The molecule has 2 atom stereocenters. The van der Waals surface area contributed by atoms with Gasteiger partial charge in [0.25, 0.3) is 6.47 Å². The van der Waals surface area contributed by atoms with Crippen molar-refractivity contribution in [2.45, 2.75) is 32.0 Å². The summed E-state index contributed by atoms with van der Waals surface area (Å²) in [6.45, 7) is 6.73. The Bertz CT molecular complexity index is 1330. The molecule has 0 bridgehead atoms. The lowest BCUT2D eigenvalue weighted by Crippen LogP contribution is -2.19. The van der Waals surface area contributed by atoms with E-state index in [1.54, 1.807) is 0 Å². The van der Waals surface area contributed by atoms with E-state index >= 15 is 0 Å². The lowest BCUT2D eigenvalue weighted by Gasteiger charge is -2.27. The molecule has 3 nitrogen and oxygen atoms in total.